The largest absolute Gasteiger partial charge is 0.464 e. The molecule has 20 heavy (non-hydrogen) atoms. The van der Waals surface area contributed by atoms with Crippen molar-refractivity contribution in [3.05, 3.63) is 29.9 Å². The molecular formula is C13H17F3N2O2. The van der Waals surface area contributed by atoms with Crippen LogP contribution in [0.3, 0.4) is 0 Å². The van der Waals surface area contributed by atoms with Gasteiger partial charge in [0.2, 0.25) is 0 Å². The minimum absolute atomic E-state index is 0.0971. The second-order valence-electron chi connectivity index (χ2n) is 4.77. The van der Waals surface area contributed by atoms with E-state index in [0.29, 0.717) is 0 Å². The highest BCUT2D eigenvalue weighted by atomic mass is 19.3. The maximum Gasteiger partial charge on any atom is 0.331 e. The van der Waals surface area contributed by atoms with Gasteiger partial charge in [0.05, 0.1) is 12.8 Å². The fourth-order valence-electron chi connectivity index (χ4n) is 1.69. The number of aryl methyl sites for hydroxylation is 1. The van der Waals surface area contributed by atoms with Gasteiger partial charge >= 0.3 is 12.0 Å². The molecule has 1 unspecified atom stereocenters. The van der Waals surface area contributed by atoms with Crippen LogP contribution in [0, 0.1) is 12.8 Å². The zero-order valence-corrected chi connectivity index (χ0v) is 11.6. The molecule has 0 bridgehead atoms. The Bertz CT molecular complexity index is 494. The van der Waals surface area contributed by atoms with Crippen molar-refractivity contribution < 1.29 is 22.7 Å². The summed E-state index contributed by atoms with van der Waals surface area (Å²) in [6.07, 6.45) is 0.276. The number of carbonyl (C=O) groups is 1. The van der Waals surface area contributed by atoms with Crippen molar-refractivity contribution in [3.63, 3.8) is 0 Å². The average molecular weight is 290 g/mol. The molecule has 0 fully saturated rings. The van der Waals surface area contributed by atoms with Crippen LogP contribution in [0.2, 0.25) is 0 Å². The number of nitrogens with zero attached hydrogens (tertiary/aromatic N) is 2. The summed E-state index contributed by atoms with van der Waals surface area (Å²) in [4.78, 5) is 11.9. The Morgan fingerprint density at radius 3 is 2.50 bits per heavy atom. The number of carbonyl (C=O) groups excluding carboxylic acids is 1. The summed E-state index contributed by atoms with van der Waals surface area (Å²) in [5, 5.41) is 4.04. The second-order valence-corrected chi connectivity index (χ2v) is 4.77. The van der Waals surface area contributed by atoms with E-state index in [9.17, 15) is 18.0 Å². The molecular weight excluding hydrogens is 273 g/mol. The first-order valence-corrected chi connectivity index (χ1v) is 6.20. The van der Waals surface area contributed by atoms with Crippen LogP contribution in [-0.2, 0) is 9.53 Å². The van der Waals surface area contributed by atoms with Gasteiger partial charge in [0.15, 0.2) is 11.9 Å². The summed E-state index contributed by atoms with van der Waals surface area (Å²) in [7, 11) is 0. The highest BCUT2D eigenvalue weighted by molar-refractivity contribution is 5.74. The van der Waals surface area contributed by atoms with Crippen molar-refractivity contribution >= 4 is 5.97 Å². The van der Waals surface area contributed by atoms with Crippen LogP contribution in [0.1, 0.15) is 31.9 Å². The van der Waals surface area contributed by atoms with Crippen LogP contribution < -0.4 is 0 Å². The number of esters is 1. The summed E-state index contributed by atoms with van der Waals surface area (Å²) in [6.45, 7) is 5.03. The Balaban J connectivity index is 2.65. The Kier molecular flexibility index (Phi) is 5.79. The number of rotatable bonds is 6. The number of halogens is 3. The minimum atomic E-state index is -2.39. The molecule has 112 valence electrons. The molecule has 0 radical (unpaired) electrons. The van der Waals surface area contributed by atoms with Crippen LogP contribution in [0.25, 0.3) is 0 Å². The zero-order chi connectivity index (χ0) is 15.3. The van der Waals surface area contributed by atoms with Crippen molar-refractivity contribution in [2.45, 2.75) is 33.2 Å². The van der Waals surface area contributed by atoms with E-state index in [1.165, 1.54) is 4.68 Å². The summed E-state index contributed by atoms with van der Waals surface area (Å²) >= 11 is 0. The van der Waals surface area contributed by atoms with Crippen molar-refractivity contribution in [2.75, 3.05) is 6.61 Å². The van der Waals surface area contributed by atoms with Gasteiger partial charge in [-0.1, -0.05) is 13.8 Å². The van der Waals surface area contributed by atoms with Gasteiger partial charge in [-0.15, -0.1) is 0 Å². The molecule has 4 nitrogen and oxygen atoms in total. The van der Waals surface area contributed by atoms with Crippen molar-refractivity contribution in [3.8, 4) is 0 Å². The van der Waals surface area contributed by atoms with E-state index in [0.717, 1.165) is 5.56 Å². The number of aromatic nitrogens is 2. The van der Waals surface area contributed by atoms with E-state index in [-0.39, 0.29) is 5.92 Å². The molecule has 1 atom stereocenters. The quantitative estimate of drug-likeness (QED) is 0.754. The number of ether oxygens (including phenoxy) is 1. The molecule has 0 aromatic carbocycles. The van der Waals surface area contributed by atoms with Crippen LogP contribution in [0.4, 0.5) is 13.2 Å². The topological polar surface area (TPSA) is 44.1 Å². The molecule has 0 saturated heterocycles. The first-order valence-electron chi connectivity index (χ1n) is 6.20. The lowest BCUT2D eigenvalue weighted by Crippen LogP contribution is -2.27. The highest BCUT2D eigenvalue weighted by Crippen LogP contribution is 2.20. The van der Waals surface area contributed by atoms with Crippen molar-refractivity contribution in [1.29, 1.82) is 0 Å². The Labute approximate surface area is 115 Å². The van der Waals surface area contributed by atoms with Crippen LogP contribution in [0.5, 0.6) is 0 Å². The third-order valence-electron chi connectivity index (χ3n) is 2.66. The summed E-state index contributed by atoms with van der Waals surface area (Å²) in [6, 6.07) is -0.661. The molecule has 7 heteroatoms. The Hall–Kier alpha value is -1.79. The number of hydrogen-bond donors (Lipinski definition) is 0. The maximum absolute atomic E-state index is 12.6. The Morgan fingerprint density at radius 2 is 2.05 bits per heavy atom. The molecule has 0 aliphatic heterocycles. The lowest BCUT2D eigenvalue weighted by Gasteiger charge is -2.19. The SMILES string of the molecule is Cc1cnn(C(C(=O)OCCC(F)=C(F)F)C(C)C)c1. The summed E-state index contributed by atoms with van der Waals surface area (Å²) in [5.41, 5.74) is 0.886. The molecule has 0 spiro atoms. The molecule has 1 aromatic heterocycles. The molecule has 0 aliphatic carbocycles. The predicted octanol–water partition coefficient (Wildman–Crippen LogP) is 3.40. The van der Waals surface area contributed by atoms with Gasteiger partial charge in [0, 0.05) is 12.6 Å². The van der Waals surface area contributed by atoms with E-state index in [4.69, 9.17) is 4.74 Å². The molecule has 1 aromatic rings. The van der Waals surface area contributed by atoms with Crippen molar-refractivity contribution in [2.24, 2.45) is 5.92 Å². The van der Waals surface area contributed by atoms with Gasteiger partial charge in [0.1, 0.15) is 0 Å². The summed E-state index contributed by atoms with van der Waals surface area (Å²) in [5.74, 6) is -2.27. The Morgan fingerprint density at radius 1 is 1.40 bits per heavy atom. The van der Waals surface area contributed by atoms with Gasteiger partial charge < -0.3 is 4.74 Å². The van der Waals surface area contributed by atoms with Crippen molar-refractivity contribution in [1.82, 2.24) is 9.78 Å². The van der Waals surface area contributed by atoms with E-state index < -0.39 is 36.9 Å². The van der Waals surface area contributed by atoms with Gasteiger partial charge in [-0.2, -0.15) is 13.9 Å². The third kappa shape index (κ3) is 4.40. The van der Waals surface area contributed by atoms with E-state index in [1.54, 1.807) is 12.4 Å². The molecule has 0 aliphatic rings. The monoisotopic (exact) mass is 290 g/mol. The predicted molar refractivity (Wildman–Crippen MR) is 66.8 cm³/mol. The van der Waals surface area contributed by atoms with Crippen LogP contribution in [-0.4, -0.2) is 22.4 Å². The summed E-state index contributed by atoms with van der Waals surface area (Å²) < 4.78 is 42.6. The first kappa shape index (κ1) is 16.3. The smallest absolute Gasteiger partial charge is 0.331 e. The highest BCUT2D eigenvalue weighted by Gasteiger charge is 2.26. The second kappa shape index (κ2) is 7.12. The lowest BCUT2D eigenvalue weighted by molar-refractivity contribution is -0.149. The first-order chi connectivity index (χ1) is 9.32. The normalized spacial score (nSPS) is 12.3. The fraction of sp³-hybridized carbons (Fsp3) is 0.538. The lowest BCUT2D eigenvalue weighted by atomic mass is 10.1. The van der Waals surface area contributed by atoms with E-state index in [2.05, 4.69) is 5.10 Å². The molecule has 0 amide bonds. The van der Waals surface area contributed by atoms with Crippen LogP contribution >= 0.6 is 0 Å². The molecule has 1 heterocycles. The third-order valence-corrected chi connectivity index (χ3v) is 2.66. The molecule has 0 N–H and O–H groups in total. The van der Waals surface area contributed by atoms with E-state index >= 15 is 0 Å². The minimum Gasteiger partial charge on any atom is -0.464 e. The van der Waals surface area contributed by atoms with E-state index in [1.807, 2.05) is 20.8 Å². The maximum atomic E-state index is 12.6. The zero-order valence-electron chi connectivity index (χ0n) is 11.6. The van der Waals surface area contributed by atoms with Gasteiger partial charge in [-0.05, 0) is 18.4 Å². The van der Waals surface area contributed by atoms with Crippen LogP contribution in [0.15, 0.2) is 24.3 Å². The molecule has 1 rings (SSSR count). The average Bonchev–Trinajstić information content (AvgIpc) is 2.74. The fourth-order valence-corrected chi connectivity index (χ4v) is 1.69. The molecule has 0 saturated carbocycles. The van der Waals surface area contributed by atoms with Gasteiger partial charge in [0.25, 0.3) is 0 Å². The van der Waals surface area contributed by atoms with Gasteiger partial charge in [-0.25, -0.2) is 9.18 Å². The van der Waals surface area contributed by atoms with Gasteiger partial charge in [-0.3, -0.25) is 4.68 Å². The number of hydrogen-bond acceptors (Lipinski definition) is 3. The standard InChI is InChI=1S/C13H17F3N2O2/c1-8(2)11(18-7-9(3)6-17-18)13(19)20-5-4-10(14)12(15)16/h6-8,11H,4-5H2,1-3H3.